The number of nitrogens with zero attached hydrogens (tertiary/aromatic N) is 1. The fourth-order valence-corrected chi connectivity index (χ4v) is 2.70. The largest absolute Gasteiger partial charge is 0.507 e. The second-order valence-corrected chi connectivity index (χ2v) is 6.24. The second-order valence-electron chi connectivity index (χ2n) is 6.24. The molecule has 0 aliphatic carbocycles. The van der Waals surface area contributed by atoms with Crippen molar-refractivity contribution in [1.29, 1.82) is 0 Å². The lowest BCUT2D eigenvalue weighted by Crippen LogP contribution is -2.19. The molecule has 1 heterocycles. The minimum Gasteiger partial charge on any atom is -0.507 e. The number of phenolic OH excluding ortho intramolecular Hbond substituents is 1. The van der Waals surface area contributed by atoms with Crippen LogP contribution in [0.1, 0.15) is 26.4 Å². The van der Waals surface area contributed by atoms with Crippen LogP contribution in [0.15, 0.2) is 60.8 Å². The zero-order valence-electron chi connectivity index (χ0n) is 16.0. The summed E-state index contributed by atoms with van der Waals surface area (Å²) in [5, 5.41) is 14.2. The van der Waals surface area contributed by atoms with Gasteiger partial charge in [-0.2, -0.15) is 13.2 Å². The van der Waals surface area contributed by atoms with E-state index in [0.29, 0.717) is 0 Å². The van der Waals surface area contributed by atoms with Crippen LogP contribution in [0.3, 0.4) is 0 Å². The number of benzene rings is 2. The molecule has 3 aromatic rings. The summed E-state index contributed by atoms with van der Waals surface area (Å²) in [7, 11) is 1.45. The number of alkyl halides is 3. The highest BCUT2D eigenvalue weighted by molar-refractivity contribution is 6.05. The Labute approximate surface area is 174 Å². The van der Waals surface area contributed by atoms with Crippen molar-refractivity contribution in [2.45, 2.75) is 6.18 Å². The van der Waals surface area contributed by atoms with Gasteiger partial charge in [-0.15, -0.1) is 0 Å². The Morgan fingerprint density at radius 3 is 2.42 bits per heavy atom. The third-order valence-corrected chi connectivity index (χ3v) is 4.10. The van der Waals surface area contributed by atoms with Gasteiger partial charge in [0.25, 0.3) is 11.8 Å². The molecule has 0 fully saturated rings. The summed E-state index contributed by atoms with van der Waals surface area (Å²) < 4.78 is 45.3. The summed E-state index contributed by atoms with van der Waals surface area (Å²) in [5.74, 6) is -1.74. The number of phenols is 1. The average Bonchev–Trinajstić information content (AvgIpc) is 2.72. The number of carbonyl (C=O) groups excluding carboxylic acids is 2. The summed E-state index contributed by atoms with van der Waals surface area (Å²) in [6.45, 7) is 0. The van der Waals surface area contributed by atoms with E-state index in [-0.39, 0.29) is 22.8 Å². The number of rotatable bonds is 5. The first-order valence-corrected chi connectivity index (χ1v) is 8.85. The van der Waals surface area contributed by atoms with Gasteiger partial charge in [0, 0.05) is 24.9 Å². The molecule has 0 bridgehead atoms. The molecule has 160 valence electrons. The van der Waals surface area contributed by atoms with E-state index in [1.807, 2.05) is 0 Å². The van der Waals surface area contributed by atoms with Gasteiger partial charge in [0.15, 0.2) is 0 Å². The molecule has 0 saturated heterocycles. The van der Waals surface area contributed by atoms with Gasteiger partial charge in [0.05, 0.1) is 5.69 Å². The maximum Gasteiger partial charge on any atom is 0.421 e. The van der Waals surface area contributed by atoms with Crippen LogP contribution in [0.5, 0.6) is 17.2 Å². The number of nitrogens with one attached hydrogen (secondary N) is 2. The van der Waals surface area contributed by atoms with E-state index in [4.69, 9.17) is 4.74 Å². The fourth-order valence-electron chi connectivity index (χ4n) is 2.70. The van der Waals surface area contributed by atoms with Crippen LogP contribution in [0, 0.1) is 0 Å². The van der Waals surface area contributed by atoms with E-state index in [2.05, 4.69) is 15.6 Å². The Kier molecular flexibility index (Phi) is 6.10. The number of pyridine rings is 1. The molecule has 2 amide bonds. The van der Waals surface area contributed by atoms with Crippen molar-refractivity contribution >= 4 is 17.5 Å². The molecule has 0 atom stereocenters. The fraction of sp³-hybridized carbons (Fsp3) is 0.0952. The van der Waals surface area contributed by atoms with E-state index in [0.717, 1.165) is 12.1 Å². The molecule has 0 unspecified atom stereocenters. The normalized spacial score (nSPS) is 11.0. The third kappa shape index (κ3) is 5.10. The van der Waals surface area contributed by atoms with Crippen molar-refractivity contribution < 1.29 is 32.6 Å². The van der Waals surface area contributed by atoms with Gasteiger partial charge < -0.3 is 20.5 Å². The lowest BCUT2D eigenvalue weighted by atomic mass is 10.1. The highest BCUT2D eigenvalue weighted by Gasteiger charge is 2.37. The Bertz CT molecular complexity index is 1130. The van der Waals surface area contributed by atoms with Crippen LogP contribution in [-0.2, 0) is 6.18 Å². The number of anilines is 1. The van der Waals surface area contributed by atoms with Crippen molar-refractivity contribution in [3.05, 3.63) is 77.6 Å². The molecule has 0 aliphatic heterocycles. The van der Waals surface area contributed by atoms with Gasteiger partial charge >= 0.3 is 6.18 Å². The molecule has 0 saturated carbocycles. The number of amides is 2. The Morgan fingerprint density at radius 1 is 1.00 bits per heavy atom. The van der Waals surface area contributed by atoms with E-state index < -0.39 is 35.0 Å². The summed E-state index contributed by atoms with van der Waals surface area (Å²) >= 11 is 0. The van der Waals surface area contributed by atoms with E-state index >= 15 is 0 Å². The quantitative estimate of drug-likeness (QED) is 0.562. The van der Waals surface area contributed by atoms with Crippen molar-refractivity contribution in [1.82, 2.24) is 10.3 Å². The van der Waals surface area contributed by atoms with Crippen LogP contribution in [0.2, 0.25) is 0 Å². The summed E-state index contributed by atoms with van der Waals surface area (Å²) in [6.07, 6.45) is -3.49. The molecule has 3 rings (SSSR count). The Morgan fingerprint density at radius 2 is 1.71 bits per heavy atom. The zero-order chi connectivity index (χ0) is 22.6. The van der Waals surface area contributed by atoms with E-state index in [9.17, 15) is 27.9 Å². The number of hydrogen-bond donors (Lipinski definition) is 3. The van der Waals surface area contributed by atoms with Crippen molar-refractivity contribution in [2.24, 2.45) is 0 Å². The number of aromatic nitrogens is 1. The Balaban J connectivity index is 1.82. The first-order valence-electron chi connectivity index (χ1n) is 8.85. The van der Waals surface area contributed by atoms with Gasteiger partial charge in [-0.3, -0.25) is 14.6 Å². The minimum atomic E-state index is -4.86. The topological polar surface area (TPSA) is 101 Å². The third-order valence-electron chi connectivity index (χ3n) is 4.10. The molecular weight excluding hydrogens is 415 g/mol. The second kappa shape index (κ2) is 8.74. The molecule has 7 nitrogen and oxygen atoms in total. The van der Waals surface area contributed by atoms with Crippen LogP contribution >= 0.6 is 0 Å². The van der Waals surface area contributed by atoms with Crippen LogP contribution in [0.25, 0.3) is 0 Å². The SMILES string of the molecule is CNC(=O)c1cc(Oc2cccc(C(=O)Nc3cccc(O)c3C(F)(F)F)c2)ccn1. The Hall–Kier alpha value is -4.08. The summed E-state index contributed by atoms with van der Waals surface area (Å²) in [4.78, 5) is 28.1. The number of aromatic hydroxyl groups is 1. The summed E-state index contributed by atoms with van der Waals surface area (Å²) in [6, 6.07) is 11.7. The van der Waals surface area contributed by atoms with Gasteiger partial charge in [-0.25, -0.2) is 0 Å². The molecular formula is C21H16F3N3O4. The van der Waals surface area contributed by atoms with Crippen molar-refractivity contribution in [2.75, 3.05) is 12.4 Å². The summed E-state index contributed by atoms with van der Waals surface area (Å²) in [5.41, 5.74) is -1.77. The molecule has 0 radical (unpaired) electrons. The lowest BCUT2D eigenvalue weighted by molar-refractivity contribution is -0.138. The molecule has 3 N–H and O–H groups in total. The van der Waals surface area contributed by atoms with Crippen molar-refractivity contribution in [3.63, 3.8) is 0 Å². The number of carbonyl (C=O) groups is 2. The van der Waals surface area contributed by atoms with E-state index in [1.54, 1.807) is 0 Å². The zero-order valence-corrected chi connectivity index (χ0v) is 16.0. The predicted octanol–water partition coefficient (Wildman–Crippen LogP) is 4.21. The highest BCUT2D eigenvalue weighted by Crippen LogP contribution is 2.40. The molecule has 0 aliphatic rings. The predicted molar refractivity (Wildman–Crippen MR) is 105 cm³/mol. The van der Waals surface area contributed by atoms with E-state index in [1.165, 1.54) is 55.7 Å². The monoisotopic (exact) mass is 431 g/mol. The van der Waals surface area contributed by atoms with Gasteiger partial charge in [-0.05, 0) is 36.4 Å². The van der Waals surface area contributed by atoms with Gasteiger partial charge in [-0.1, -0.05) is 12.1 Å². The number of halogens is 3. The first kappa shape index (κ1) is 21.6. The molecule has 2 aromatic carbocycles. The first-order chi connectivity index (χ1) is 14.7. The molecule has 1 aromatic heterocycles. The maximum atomic E-state index is 13.2. The minimum absolute atomic E-state index is 0.0227. The lowest BCUT2D eigenvalue weighted by Gasteiger charge is -2.15. The van der Waals surface area contributed by atoms with Gasteiger partial charge in [0.1, 0.15) is 28.5 Å². The smallest absolute Gasteiger partial charge is 0.421 e. The molecule has 0 spiro atoms. The van der Waals surface area contributed by atoms with Crippen molar-refractivity contribution in [3.8, 4) is 17.2 Å². The van der Waals surface area contributed by atoms with Gasteiger partial charge in [0.2, 0.25) is 0 Å². The number of hydrogen-bond acceptors (Lipinski definition) is 5. The average molecular weight is 431 g/mol. The molecule has 10 heteroatoms. The van der Waals surface area contributed by atoms with Crippen LogP contribution < -0.4 is 15.4 Å². The van der Waals surface area contributed by atoms with Crippen LogP contribution in [-0.4, -0.2) is 29.0 Å². The number of ether oxygens (including phenoxy) is 1. The van der Waals surface area contributed by atoms with Crippen LogP contribution in [0.4, 0.5) is 18.9 Å². The highest BCUT2D eigenvalue weighted by atomic mass is 19.4. The standard InChI is InChI=1S/C21H16F3N3O4/c1-25-20(30)16-11-14(8-9-26-16)31-13-5-2-4-12(10-13)19(29)27-15-6-3-7-17(28)18(15)21(22,23)24/h2-11,28H,1H3,(H,25,30)(H,27,29). The maximum absolute atomic E-state index is 13.2. The molecule has 31 heavy (non-hydrogen) atoms.